The lowest BCUT2D eigenvalue weighted by atomic mass is 9.97. The van der Waals surface area contributed by atoms with Crippen molar-refractivity contribution < 1.29 is 14.6 Å². The molecule has 2 aromatic rings. The molecule has 2 N–H and O–H groups in total. The molecule has 2 atom stereocenters. The predicted molar refractivity (Wildman–Crippen MR) is 74.8 cm³/mol. The standard InChI is InChI=1S/C13H17N3O3S/c1-9-13(18,2-4-19-9)8-14-11(17)6-10-7-16-3-5-20-12(16)15-10/h3,5,7,9,18H,2,4,6,8H2,1H3,(H,14,17). The van der Waals surface area contributed by atoms with Crippen molar-refractivity contribution in [3.63, 3.8) is 0 Å². The van der Waals surface area contributed by atoms with Crippen molar-refractivity contribution in [2.75, 3.05) is 13.2 Å². The molecule has 0 spiro atoms. The predicted octanol–water partition coefficient (Wildman–Crippen LogP) is 0.594. The van der Waals surface area contributed by atoms with Crippen molar-refractivity contribution in [3.8, 4) is 0 Å². The van der Waals surface area contributed by atoms with Crippen LogP contribution in [0.4, 0.5) is 0 Å². The van der Waals surface area contributed by atoms with Gasteiger partial charge in [0.25, 0.3) is 0 Å². The number of hydrogen-bond acceptors (Lipinski definition) is 5. The molecule has 0 aliphatic carbocycles. The fourth-order valence-corrected chi connectivity index (χ4v) is 3.06. The van der Waals surface area contributed by atoms with Gasteiger partial charge in [-0.05, 0) is 6.92 Å². The Labute approximate surface area is 120 Å². The summed E-state index contributed by atoms with van der Waals surface area (Å²) in [5.74, 6) is -0.136. The number of hydrogen-bond donors (Lipinski definition) is 2. The average Bonchev–Trinajstić information content (AvgIpc) is 3.04. The Balaban J connectivity index is 1.56. The smallest absolute Gasteiger partial charge is 0.226 e. The molecule has 1 fully saturated rings. The average molecular weight is 295 g/mol. The minimum atomic E-state index is -0.954. The summed E-state index contributed by atoms with van der Waals surface area (Å²) in [6, 6.07) is 0. The Bertz CT molecular complexity index is 595. The quantitative estimate of drug-likeness (QED) is 0.866. The van der Waals surface area contributed by atoms with Crippen LogP contribution in [0.15, 0.2) is 17.8 Å². The van der Waals surface area contributed by atoms with E-state index < -0.39 is 5.60 Å². The lowest BCUT2D eigenvalue weighted by Crippen LogP contribution is -2.47. The number of imidazole rings is 1. The minimum absolute atomic E-state index is 0.136. The molecular formula is C13H17N3O3S. The van der Waals surface area contributed by atoms with Gasteiger partial charge in [0.15, 0.2) is 4.96 Å². The number of nitrogens with zero attached hydrogens (tertiary/aromatic N) is 2. The van der Waals surface area contributed by atoms with E-state index in [4.69, 9.17) is 4.74 Å². The summed E-state index contributed by atoms with van der Waals surface area (Å²) in [5, 5.41) is 15.0. The van der Waals surface area contributed by atoms with Gasteiger partial charge < -0.3 is 15.2 Å². The summed E-state index contributed by atoms with van der Waals surface area (Å²) in [6.45, 7) is 2.57. The van der Waals surface area contributed by atoms with E-state index in [0.29, 0.717) is 13.0 Å². The van der Waals surface area contributed by atoms with Crippen LogP contribution in [0, 0.1) is 0 Å². The van der Waals surface area contributed by atoms with Crippen molar-refractivity contribution in [2.45, 2.75) is 31.5 Å². The first kappa shape index (κ1) is 13.5. The number of amides is 1. The molecule has 0 aromatic carbocycles. The van der Waals surface area contributed by atoms with E-state index in [1.807, 2.05) is 29.1 Å². The maximum Gasteiger partial charge on any atom is 0.226 e. The molecule has 7 heteroatoms. The molecule has 2 aromatic heterocycles. The first-order chi connectivity index (χ1) is 9.57. The second-order valence-electron chi connectivity index (χ2n) is 5.15. The molecule has 3 rings (SSSR count). The highest BCUT2D eigenvalue weighted by molar-refractivity contribution is 7.15. The fraction of sp³-hybridized carbons (Fsp3) is 0.538. The van der Waals surface area contributed by atoms with E-state index in [2.05, 4.69) is 10.3 Å². The van der Waals surface area contributed by atoms with Crippen molar-refractivity contribution in [3.05, 3.63) is 23.5 Å². The van der Waals surface area contributed by atoms with Crippen LogP contribution in [0.2, 0.25) is 0 Å². The number of carbonyl (C=O) groups is 1. The van der Waals surface area contributed by atoms with Crippen molar-refractivity contribution in [2.24, 2.45) is 0 Å². The molecule has 1 amide bonds. The Morgan fingerprint density at radius 3 is 3.30 bits per heavy atom. The van der Waals surface area contributed by atoms with Crippen LogP contribution in [0.25, 0.3) is 4.96 Å². The number of aromatic nitrogens is 2. The molecule has 0 radical (unpaired) electrons. The molecule has 2 unspecified atom stereocenters. The molecule has 0 bridgehead atoms. The number of rotatable bonds is 4. The molecule has 20 heavy (non-hydrogen) atoms. The summed E-state index contributed by atoms with van der Waals surface area (Å²) in [6.07, 6.45) is 4.28. The van der Waals surface area contributed by atoms with Gasteiger partial charge in [0.2, 0.25) is 5.91 Å². The molecule has 6 nitrogen and oxygen atoms in total. The van der Waals surface area contributed by atoms with Crippen LogP contribution in [0.3, 0.4) is 0 Å². The van der Waals surface area contributed by atoms with E-state index in [1.165, 1.54) is 11.3 Å². The highest BCUT2D eigenvalue weighted by Crippen LogP contribution is 2.24. The number of thiazole rings is 1. The Hall–Kier alpha value is -1.44. The van der Waals surface area contributed by atoms with Gasteiger partial charge >= 0.3 is 0 Å². The first-order valence-corrected chi connectivity index (χ1v) is 7.46. The number of carbonyl (C=O) groups excluding carboxylic acids is 1. The molecule has 1 aliphatic heterocycles. The van der Waals surface area contributed by atoms with Gasteiger partial charge in [-0.15, -0.1) is 11.3 Å². The summed E-state index contributed by atoms with van der Waals surface area (Å²) >= 11 is 1.53. The van der Waals surface area contributed by atoms with Crippen LogP contribution in [0.5, 0.6) is 0 Å². The lowest BCUT2D eigenvalue weighted by molar-refractivity contribution is -0.122. The van der Waals surface area contributed by atoms with Crippen molar-refractivity contribution >= 4 is 22.2 Å². The number of nitrogens with one attached hydrogen (secondary N) is 1. The topological polar surface area (TPSA) is 75.9 Å². The molecular weight excluding hydrogens is 278 g/mol. The zero-order valence-corrected chi connectivity index (χ0v) is 12.0. The highest BCUT2D eigenvalue weighted by atomic mass is 32.1. The van der Waals surface area contributed by atoms with Gasteiger partial charge in [-0.2, -0.15) is 0 Å². The zero-order valence-electron chi connectivity index (χ0n) is 11.2. The zero-order chi connectivity index (χ0) is 14.2. The van der Waals surface area contributed by atoms with Gasteiger partial charge in [0.1, 0.15) is 5.60 Å². The minimum Gasteiger partial charge on any atom is -0.385 e. The largest absolute Gasteiger partial charge is 0.385 e. The highest BCUT2D eigenvalue weighted by Gasteiger charge is 2.39. The normalized spacial score (nSPS) is 26.2. The SMILES string of the molecule is CC1OCCC1(O)CNC(=O)Cc1cn2ccsc2n1. The Morgan fingerprint density at radius 2 is 2.60 bits per heavy atom. The monoisotopic (exact) mass is 295 g/mol. The van der Waals surface area contributed by atoms with E-state index >= 15 is 0 Å². The van der Waals surface area contributed by atoms with E-state index in [1.54, 1.807) is 0 Å². The maximum atomic E-state index is 11.9. The van der Waals surface area contributed by atoms with E-state index in [0.717, 1.165) is 10.7 Å². The molecule has 3 heterocycles. The molecule has 1 saturated heterocycles. The maximum absolute atomic E-state index is 11.9. The number of fused-ring (bicyclic) bond motifs is 1. The third kappa shape index (κ3) is 2.56. The van der Waals surface area contributed by atoms with Crippen molar-refractivity contribution in [1.29, 1.82) is 0 Å². The summed E-state index contributed by atoms with van der Waals surface area (Å²) in [5.41, 5.74) is -0.221. The molecule has 108 valence electrons. The Morgan fingerprint density at radius 1 is 1.75 bits per heavy atom. The van der Waals surface area contributed by atoms with E-state index in [-0.39, 0.29) is 25.0 Å². The van der Waals surface area contributed by atoms with Crippen molar-refractivity contribution in [1.82, 2.24) is 14.7 Å². The van der Waals surface area contributed by atoms with Gasteiger partial charge in [-0.3, -0.25) is 9.20 Å². The van der Waals surface area contributed by atoms with Crippen LogP contribution < -0.4 is 5.32 Å². The fourth-order valence-electron chi connectivity index (χ4n) is 2.34. The number of aliphatic hydroxyl groups is 1. The second-order valence-corrected chi connectivity index (χ2v) is 6.02. The first-order valence-electron chi connectivity index (χ1n) is 6.58. The van der Waals surface area contributed by atoms with Gasteiger partial charge in [0, 0.05) is 37.3 Å². The van der Waals surface area contributed by atoms with Crippen LogP contribution in [-0.2, 0) is 16.0 Å². The summed E-state index contributed by atoms with van der Waals surface area (Å²) in [7, 11) is 0. The van der Waals surface area contributed by atoms with Crippen LogP contribution in [0.1, 0.15) is 19.0 Å². The molecule has 1 aliphatic rings. The van der Waals surface area contributed by atoms with Gasteiger partial charge in [-0.25, -0.2) is 4.98 Å². The summed E-state index contributed by atoms with van der Waals surface area (Å²) < 4.78 is 7.23. The third-order valence-electron chi connectivity index (χ3n) is 3.74. The third-order valence-corrected chi connectivity index (χ3v) is 4.51. The lowest BCUT2D eigenvalue weighted by Gasteiger charge is -2.26. The second kappa shape index (κ2) is 5.16. The van der Waals surface area contributed by atoms with Gasteiger partial charge in [-0.1, -0.05) is 0 Å². The van der Waals surface area contributed by atoms with E-state index in [9.17, 15) is 9.90 Å². The van der Waals surface area contributed by atoms with Gasteiger partial charge in [0.05, 0.1) is 18.2 Å². The number of ether oxygens (including phenoxy) is 1. The Kier molecular flexibility index (Phi) is 3.49. The van der Waals surface area contributed by atoms with Crippen LogP contribution in [-0.4, -0.2) is 45.3 Å². The summed E-state index contributed by atoms with van der Waals surface area (Å²) in [4.78, 5) is 17.1. The molecule has 0 saturated carbocycles. The van der Waals surface area contributed by atoms with Crippen LogP contribution >= 0.6 is 11.3 Å².